The lowest BCUT2D eigenvalue weighted by atomic mass is 10.1. The van der Waals surface area contributed by atoms with Gasteiger partial charge in [0.25, 0.3) is 5.91 Å². The Kier molecular flexibility index (Phi) is 6.28. The molecule has 0 spiro atoms. The average molecular weight is 405 g/mol. The van der Waals surface area contributed by atoms with Gasteiger partial charge in [0.1, 0.15) is 24.0 Å². The molecular weight excluding hydrogens is 385 g/mol. The number of nitriles is 1. The molecule has 7 heteroatoms. The highest BCUT2D eigenvalue weighted by atomic mass is 19.1. The van der Waals surface area contributed by atoms with Crippen molar-refractivity contribution in [2.45, 2.75) is 13.5 Å². The van der Waals surface area contributed by atoms with Crippen molar-refractivity contribution < 1.29 is 18.7 Å². The fraction of sp³-hybridized carbons (Fsp3) is 0.174. The maximum atomic E-state index is 14.5. The lowest BCUT2D eigenvalue weighted by Crippen LogP contribution is -2.27. The predicted molar refractivity (Wildman–Crippen MR) is 112 cm³/mol. The molecule has 0 atom stereocenters. The first-order chi connectivity index (χ1) is 14.5. The van der Waals surface area contributed by atoms with Crippen molar-refractivity contribution in [3.63, 3.8) is 0 Å². The van der Waals surface area contributed by atoms with Crippen LogP contribution in [-0.2, 0) is 20.9 Å². The lowest BCUT2D eigenvalue weighted by molar-refractivity contribution is -0.143. The summed E-state index contributed by atoms with van der Waals surface area (Å²) in [5.41, 5.74) is 1.19. The largest absolute Gasteiger partial charge is 0.465 e. The van der Waals surface area contributed by atoms with E-state index in [0.29, 0.717) is 16.6 Å². The van der Waals surface area contributed by atoms with Crippen LogP contribution in [0, 0.1) is 17.1 Å². The molecule has 0 fully saturated rings. The van der Waals surface area contributed by atoms with Crippen LogP contribution in [0.4, 0.5) is 10.1 Å². The van der Waals surface area contributed by atoms with Crippen LogP contribution in [0.15, 0.2) is 60.3 Å². The van der Waals surface area contributed by atoms with E-state index >= 15 is 0 Å². The van der Waals surface area contributed by atoms with Crippen molar-refractivity contribution in [3.05, 3.63) is 71.7 Å². The van der Waals surface area contributed by atoms with Crippen molar-refractivity contribution in [1.82, 2.24) is 4.57 Å². The Morgan fingerprint density at radius 1 is 1.20 bits per heavy atom. The van der Waals surface area contributed by atoms with Gasteiger partial charge < -0.3 is 14.2 Å². The van der Waals surface area contributed by atoms with E-state index in [0.717, 1.165) is 0 Å². The lowest BCUT2D eigenvalue weighted by Gasteiger charge is -2.16. The Morgan fingerprint density at radius 2 is 1.93 bits per heavy atom. The van der Waals surface area contributed by atoms with Crippen LogP contribution >= 0.6 is 0 Å². The molecular formula is C23H20FN3O3. The number of amides is 1. The number of halogens is 1. The third kappa shape index (κ3) is 4.23. The molecule has 30 heavy (non-hydrogen) atoms. The molecule has 0 unspecified atom stereocenters. The zero-order chi connectivity index (χ0) is 21.7. The Balaban J connectivity index is 2.03. The molecule has 1 aromatic heterocycles. The molecule has 0 aliphatic rings. The minimum atomic E-state index is -0.511. The predicted octanol–water partition coefficient (Wildman–Crippen LogP) is 3.91. The van der Waals surface area contributed by atoms with E-state index in [1.54, 1.807) is 44.3 Å². The molecule has 0 aliphatic heterocycles. The van der Waals surface area contributed by atoms with Crippen molar-refractivity contribution in [1.29, 1.82) is 5.26 Å². The Bertz CT molecular complexity index is 1160. The highest BCUT2D eigenvalue weighted by Gasteiger charge is 2.19. The van der Waals surface area contributed by atoms with Gasteiger partial charge in [0, 0.05) is 29.9 Å². The number of likely N-dealkylation sites (N-methyl/N-ethyl adjacent to an activating group) is 1. The maximum Gasteiger partial charge on any atom is 0.325 e. The van der Waals surface area contributed by atoms with E-state index in [1.165, 1.54) is 33.9 Å². The Hall–Kier alpha value is -3.92. The fourth-order valence-electron chi connectivity index (χ4n) is 3.17. The second-order valence-corrected chi connectivity index (χ2v) is 6.52. The molecule has 1 heterocycles. The number of nitrogens with zero attached hydrogens (tertiary/aromatic N) is 3. The highest BCUT2D eigenvalue weighted by Crippen LogP contribution is 2.27. The summed E-state index contributed by atoms with van der Waals surface area (Å²) in [4.78, 5) is 26.1. The number of aromatic nitrogens is 1. The van der Waals surface area contributed by atoms with E-state index < -0.39 is 17.7 Å². The average Bonchev–Trinajstić information content (AvgIpc) is 3.10. The number of fused-ring (bicyclic) bond motifs is 1. The number of ether oxygens (including phenoxy) is 1. The van der Waals surface area contributed by atoms with Gasteiger partial charge in [0.05, 0.1) is 12.1 Å². The van der Waals surface area contributed by atoms with Gasteiger partial charge in [-0.15, -0.1) is 0 Å². The number of hydrogen-bond donors (Lipinski definition) is 0. The second-order valence-electron chi connectivity index (χ2n) is 6.52. The third-order valence-corrected chi connectivity index (χ3v) is 4.58. The number of carbonyl (C=O) groups excluding carboxylic acids is 2. The van der Waals surface area contributed by atoms with Crippen molar-refractivity contribution in [3.8, 4) is 6.07 Å². The van der Waals surface area contributed by atoms with Crippen molar-refractivity contribution in [2.75, 3.05) is 18.6 Å². The normalized spacial score (nSPS) is 11.2. The second kappa shape index (κ2) is 9.05. The SMILES string of the molecule is CCOC(=O)Cn1cc(/C=C(\C#N)C(=O)N(C)c2ccccc2)c2cccc(F)c21. The summed E-state index contributed by atoms with van der Waals surface area (Å²) < 4.78 is 20.9. The summed E-state index contributed by atoms with van der Waals surface area (Å²) in [5, 5.41) is 10.1. The molecule has 0 saturated carbocycles. The van der Waals surface area contributed by atoms with Crippen LogP contribution in [-0.4, -0.2) is 30.1 Å². The quantitative estimate of drug-likeness (QED) is 0.354. The standard InChI is InChI=1S/C23H20FN3O3/c1-3-30-21(28)15-27-14-17(19-10-7-11-20(24)22(19)27)12-16(13-25)23(29)26(2)18-8-5-4-6-9-18/h4-12,14H,3,15H2,1-2H3/b16-12+. The zero-order valence-corrected chi connectivity index (χ0v) is 16.6. The molecule has 0 aliphatic carbocycles. The Morgan fingerprint density at radius 3 is 2.60 bits per heavy atom. The summed E-state index contributed by atoms with van der Waals surface area (Å²) in [6.45, 7) is 1.72. The van der Waals surface area contributed by atoms with Gasteiger partial charge in [-0.05, 0) is 31.2 Å². The van der Waals surface area contributed by atoms with E-state index in [1.807, 2.05) is 12.1 Å². The molecule has 0 bridgehead atoms. The van der Waals surface area contributed by atoms with Gasteiger partial charge in [0.2, 0.25) is 0 Å². The van der Waals surface area contributed by atoms with Gasteiger partial charge in [-0.1, -0.05) is 30.3 Å². The first-order valence-electron chi connectivity index (χ1n) is 9.34. The molecule has 3 aromatic rings. The summed E-state index contributed by atoms with van der Waals surface area (Å²) in [5.74, 6) is -1.51. The number of hydrogen-bond acceptors (Lipinski definition) is 4. The summed E-state index contributed by atoms with van der Waals surface area (Å²) in [6.07, 6.45) is 2.95. The topological polar surface area (TPSA) is 75.3 Å². The minimum Gasteiger partial charge on any atom is -0.465 e. The van der Waals surface area contributed by atoms with Crippen LogP contribution < -0.4 is 4.90 Å². The summed E-state index contributed by atoms with van der Waals surface area (Å²) in [6, 6.07) is 15.4. The van der Waals surface area contributed by atoms with Crippen LogP contribution in [0.25, 0.3) is 17.0 Å². The van der Waals surface area contributed by atoms with Gasteiger partial charge in [-0.3, -0.25) is 9.59 Å². The molecule has 3 rings (SSSR count). The first kappa shape index (κ1) is 20.8. The first-order valence-corrected chi connectivity index (χ1v) is 9.34. The molecule has 152 valence electrons. The molecule has 0 N–H and O–H groups in total. The number of anilines is 1. The molecule has 0 radical (unpaired) electrons. The van der Waals surface area contributed by atoms with E-state index in [2.05, 4.69) is 0 Å². The van der Waals surface area contributed by atoms with Gasteiger partial charge in [0.15, 0.2) is 0 Å². The fourth-order valence-corrected chi connectivity index (χ4v) is 3.17. The van der Waals surface area contributed by atoms with E-state index in [4.69, 9.17) is 4.74 Å². The van der Waals surface area contributed by atoms with Crippen molar-refractivity contribution >= 4 is 34.5 Å². The number of carbonyl (C=O) groups is 2. The summed E-state index contributed by atoms with van der Waals surface area (Å²) in [7, 11) is 1.58. The number of para-hydroxylation sites is 2. The van der Waals surface area contributed by atoms with Crippen LogP contribution in [0.1, 0.15) is 12.5 Å². The van der Waals surface area contributed by atoms with Crippen LogP contribution in [0.3, 0.4) is 0 Å². The summed E-state index contributed by atoms with van der Waals surface area (Å²) >= 11 is 0. The number of rotatable bonds is 6. The minimum absolute atomic E-state index is 0.110. The van der Waals surface area contributed by atoms with Crippen LogP contribution in [0.5, 0.6) is 0 Å². The van der Waals surface area contributed by atoms with E-state index in [9.17, 15) is 19.2 Å². The van der Waals surface area contributed by atoms with Crippen LogP contribution in [0.2, 0.25) is 0 Å². The molecule has 1 amide bonds. The number of esters is 1. The van der Waals surface area contributed by atoms with Gasteiger partial charge >= 0.3 is 5.97 Å². The third-order valence-electron chi connectivity index (χ3n) is 4.58. The van der Waals surface area contributed by atoms with E-state index in [-0.39, 0.29) is 24.2 Å². The highest BCUT2D eigenvalue weighted by molar-refractivity contribution is 6.11. The zero-order valence-electron chi connectivity index (χ0n) is 16.6. The van der Waals surface area contributed by atoms with Gasteiger partial charge in [-0.2, -0.15) is 5.26 Å². The number of benzene rings is 2. The van der Waals surface area contributed by atoms with Gasteiger partial charge in [-0.25, -0.2) is 4.39 Å². The Labute approximate surface area is 173 Å². The smallest absolute Gasteiger partial charge is 0.325 e. The molecule has 0 saturated heterocycles. The maximum absolute atomic E-state index is 14.5. The monoisotopic (exact) mass is 405 g/mol. The molecule has 2 aromatic carbocycles. The van der Waals surface area contributed by atoms with Crippen molar-refractivity contribution in [2.24, 2.45) is 0 Å². The molecule has 6 nitrogen and oxygen atoms in total.